The SMILES string of the molecule is CC.CNC(=O)c1c(OC)cccc1OC. The van der Waals surface area contributed by atoms with E-state index in [-0.39, 0.29) is 5.91 Å². The summed E-state index contributed by atoms with van der Waals surface area (Å²) in [5.41, 5.74) is 0.417. The Bertz CT molecular complexity index is 315. The first-order valence-electron chi connectivity index (χ1n) is 5.17. The highest BCUT2D eigenvalue weighted by molar-refractivity contribution is 5.99. The lowest BCUT2D eigenvalue weighted by atomic mass is 10.1. The lowest BCUT2D eigenvalue weighted by molar-refractivity contribution is 0.0957. The van der Waals surface area contributed by atoms with Crippen molar-refractivity contribution in [2.75, 3.05) is 21.3 Å². The van der Waals surface area contributed by atoms with Gasteiger partial charge in [0.15, 0.2) is 0 Å². The van der Waals surface area contributed by atoms with Gasteiger partial charge in [0, 0.05) is 7.05 Å². The molecule has 0 heterocycles. The van der Waals surface area contributed by atoms with E-state index in [4.69, 9.17) is 9.47 Å². The third-order valence-electron chi connectivity index (χ3n) is 1.88. The van der Waals surface area contributed by atoms with E-state index in [1.807, 2.05) is 13.8 Å². The number of nitrogens with one attached hydrogen (secondary N) is 1. The summed E-state index contributed by atoms with van der Waals surface area (Å²) in [6, 6.07) is 5.20. The van der Waals surface area contributed by atoms with Crippen molar-refractivity contribution in [2.45, 2.75) is 13.8 Å². The molecule has 1 N–H and O–H groups in total. The molecule has 90 valence electrons. The first kappa shape index (κ1) is 14.3. The summed E-state index contributed by atoms with van der Waals surface area (Å²) in [4.78, 5) is 11.5. The van der Waals surface area contributed by atoms with E-state index in [9.17, 15) is 4.79 Å². The minimum atomic E-state index is -0.223. The molecule has 1 amide bonds. The maximum absolute atomic E-state index is 11.5. The monoisotopic (exact) mass is 225 g/mol. The van der Waals surface area contributed by atoms with Crippen molar-refractivity contribution in [1.82, 2.24) is 5.32 Å². The Morgan fingerprint density at radius 2 is 1.56 bits per heavy atom. The molecule has 4 nitrogen and oxygen atoms in total. The van der Waals surface area contributed by atoms with Crippen molar-refractivity contribution in [1.29, 1.82) is 0 Å². The highest BCUT2D eigenvalue weighted by atomic mass is 16.5. The molecule has 0 radical (unpaired) electrons. The summed E-state index contributed by atoms with van der Waals surface area (Å²) in [5.74, 6) is 0.784. The maximum atomic E-state index is 11.5. The van der Waals surface area contributed by atoms with Crippen LogP contribution in [0.15, 0.2) is 18.2 Å². The van der Waals surface area contributed by atoms with E-state index < -0.39 is 0 Å². The predicted molar refractivity (Wildman–Crippen MR) is 64.3 cm³/mol. The Kier molecular flexibility index (Phi) is 6.76. The fourth-order valence-electron chi connectivity index (χ4n) is 1.20. The second-order valence-electron chi connectivity index (χ2n) is 2.62. The fraction of sp³-hybridized carbons (Fsp3) is 0.417. The van der Waals surface area contributed by atoms with E-state index in [2.05, 4.69) is 5.32 Å². The minimum absolute atomic E-state index is 0.223. The van der Waals surface area contributed by atoms with Crippen molar-refractivity contribution in [3.8, 4) is 11.5 Å². The summed E-state index contributed by atoms with van der Waals surface area (Å²) >= 11 is 0. The quantitative estimate of drug-likeness (QED) is 0.856. The van der Waals surface area contributed by atoms with Crippen molar-refractivity contribution in [2.24, 2.45) is 0 Å². The summed E-state index contributed by atoms with van der Waals surface area (Å²) in [6.45, 7) is 4.00. The smallest absolute Gasteiger partial charge is 0.258 e. The van der Waals surface area contributed by atoms with Gasteiger partial charge in [-0.05, 0) is 12.1 Å². The summed E-state index contributed by atoms with van der Waals surface area (Å²) < 4.78 is 10.1. The molecule has 0 atom stereocenters. The third kappa shape index (κ3) is 3.15. The van der Waals surface area contributed by atoms with E-state index >= 15 is 0 Å². The maximum Gasteiger partial charge on any atom is 0.258 e. The van der Waals surface area contributed by atoms with E-state index in [0.29, 0.717) is 17.1 Å². The third-order valence-corrected chi connectivity index (χ3v) is 1.88. The second-order valence-corrected chi connectivity index (χ2v) is 2.62. The Hall–Kier alpha value is -1.71. The van der Waals surface area contributed by atoms with Crippen LogP contribution in [-0.4, -0.2) is 27.2 Å². The lowest BCUT2D eigenvalue weighted by Crippen LogP contribution is -2.19. The standard InChI is InChI=1S/C10H13NO3.C2H6/c1-11-10(12)9-7(13-2)5-4-6-8(9)14-3;1-2/h4-6H,1-3H3,(H,11,12);1-2H3. The average Bonchev–Trinajstić information content (AvgIpc) is 2.39. The van der Waals surface area contributed by atoms with Crippen molar-refractivity contribution < 1.29 is 14.3 Å². The molecular weight excluding hydrogens is 206 g/mol. The van der Waals surface area contributed by atoms with Gasteiger partial charge in [0.1, 0.15) is 17.1 Å². The first-order valence-corrected chi connectivity index (χ1v) is 5.17. The van der Waals surface area contributed by atoms with E-state index in [0.717, 1.165) is 0 Å². The summed E-state index contributed by atoms with van der Waals surface area (Å²) in [7, 11) is 4.59. The number of methoxy groups -OCH3 is 2. The largest absolute Gasteiger partial charge is 0.496 e. The van der Waals surface area contributed by atoms with Crippen LogP contribution in [-0.2, 0) is 0 Å². The topological polar surface area (TPSA) is 47.6 Å². The van der Waals surface area contributed by atoms with Crippen LogP contribution >= 0.6 is 0 Å². The molecule has 0 aliphatic heterocycles. The molecule has 4 heteroatoms. The molecule has 0 spiro atoms. The molecule has 0 aliphatic carbocycles. The minimum Gasteiger partial charge on any atom is -0.496 e. The molecule has 0 bridgehead atoms. The van der Waals surface area contributed by atoms with Crippen LogP contribution in [0.2, 0.25) is 0 Å². The van der Waals surface area contributed by atoms with Gasteiger partial charge in [0.25, 0.3) is 5.91 Å². The van der Waals surface area contributed by atoms with Gasteiger partial charge in [0.05, 0.1) is 14.2 Å². The number of carbonyl (C=O) groups excluding carboxylic acids is 1. The van der Waals surface area contributed by atoms with Gasteiger partial charge < -0.3 is 14.8 Å². The molecule has 1 aromatic carbocycles. The predicted octanol–water partition coefficient (Wildman–Crippen LogP) is 2.09. The van der Waals surface area contributed by atoms with Crippen LogP contribution < -0.4 is 14.8 Å². The number of hydrogen-bond donors (Lipinski definition) is 1. The van der Waals surface area contributed by atoms with Crippen molar-refractivity contribution in [3.05, 3.63) is 23.8 Å². The normalized spacial score (nSPS) is 8.56. The van der Waals surface area contributed by atoms with Gasteiger partial charge in [-0.1, -0.05) is 19.9 Å². The zero-order valence-corrected chi connectivity index (χ0v) is 10.5. The zero-order valence-electron chi connectivity index (χ0n) is 10.5. The number of rotatable bonds is 3. The lowest BCUT2D eigenvalue weighted by Gasteiger charge is -2.10. The molecule has 0 unspecified atom stereocenters. The zero-order chi connectivity index (χ0) is 12.6. The Morgan fingerprint density at radius 1 is 1.12 bits per heavy atom. The summed E-state index contributed by atoms with van der Waals surface area (Å²) in [5, 5.41) is 2.53. The van der Waals surface area contributed by atoms with E-state index in [1.54, 1.807) is 25.2 Å². The molecule has 1 rings (SSSR count). The van der Waals surface area contributed by atoms with Crippen LogP contribution in [0.5, 0.6) is 11.5 Å². The molecule has 1 aromatic rings. The molecule has 0 saturated heterocycles. The Morgan fingerprint density at radius 3 is 1.88 bits per heavy atom. The number of amides is 1. The highest BCUT2D eigenvalue weighted by Gasteiger charge is 2.16. The van der Waals surface area contributed by atoms with Crippen LogP contribution in [0.25, 0.3) is 0 Å². The molecule has 0 saturated carbocycles. The van der Waals surface area contributed by atoms with Crippen LogP contribution in [0, 0.1) is 0 Å². The number of benzene rings is 1. The van der Waals surface area contributed by atoms with Gasteiger partial charge in [0.2, 0.25) is 0 Å². The van der Waals surface area contributed by atoms with E-state index in [1.165, 1.54) is 14.2 Å². The van der Waals surface area contributed by atoms with Crippen LogP contribution in [0.3, 0.4) is 0 Å². The Labute approximate surface area is 96.6 Å². The van der Waals surface area contributed by atoms with Gasteiger partial charge in [-0.25, -0.2) is 0 Å². The molecule has 0 aliphatic rings. The van der Waals surface area contributed by atoms with Crippen LogP contribution in [0.4, 0.5) is 0 Å². The number of ether oxygens (including phenoxy) is 2. The van der Waals surface area contributed by atoms with Crippen LogP contribution in [0.1, 0.15) is 24.2 Å². The Balaban J connectivity index is 0.00000106. The van der Waals surface area contributed by atoms with Gasteiger partial charge >= 0.3 is 0 Å². The van der Waals surface area contributed by atoms with Crippen molar-refractivity contribution in [3.63, 3.8) is 0 Å². The van der Waals surface area contributed by atoms with Gasteiger partial charge in [-0.3, -0.25) is 4.79 Å². The van der Waals surface area contributed by atoms with Gasteiger partial charge in [-0.2, -0.15) is 0 Å². The molecular formula is C12H19NO3. The average molecular weight is 225 g/mol. The molecule has 0 aromatic heterocycles. The number of hydrogen-bond acceptors (Lipinski definition) is 3. The highest BCUT2D eigenvalue weighted by Crippen LogP contribution is 2.27. The second kappa shape index (κ2) is 7.56. The van der Waals surface area contributed by atoms with Crippen molar-refractivity contribution >= 4 is 5.91 Å². The summed E-state index contributed by atoms with van der Waals surface area (Å²) in [6.07, 6.45) is 0. The number of carbonyl (C=O) groups is 1. The fourth-order valence-corrected chi connectivity index (χ4v) is 1.20. The molecule has 16 heavy (non-hydrogen) atoms. The molecule has 0 fully saturated rings. The first-order chi connectivity index (χ1) is 7.74. The van der Waals surface area contributed by atoms with Gasteiger partial charge in [-0.15, -0.1) is 0 Å².